The zero-order chi connectivity index (χ0) is 14.4. The average molecular weight is 267 g/mol. The van der Waals surface area contributed by atoms with Gasteiger partial charge in [0.05, 0.1) is 0 Å². The summed E-state index contributed by atoms with van der Waals surface area (Å²) in [7, 11) is 0. The van der Waals surface area contributed by atoms with Crippen LogP contribution in [-0.4, -0.2) is 6.04 Å². The van der Waals surface area contributed by atoms with Crippen molar-refractivity contribution in [2.24, 2.45) is 0 Å². The minimum atomic E-state index is 0.537. The maximum atomic E-state index is 3.64. The molecule has 106 valence electrons. The predicted molar refractivity (Wildman–Crippen MR) is 87.0 cm³/mol. The fraction of sp³-hybridized carbons (Fsp3) is 0.368. The third kappa shape index (κ3) is 4.50. The van der Waals surface area contributed by atoms with E-state index in [-0.39, 0.29) is 0 Å². The highest BCUT2D eigenvalue weighted by atomic mass is 14.9. The molecule has 0 aliphatic heterocycles. The van der Waals surface area contributed by atoms with E-state index >= 15 is 0 Å². The van der Waals surface area contributed by atoms with Crippen LogP contribution in [0.2, 0.25) is 0 Å². The van der Waals surface area contributed by atoms with Crippen molar-refractivity contribution in [1.82, 2.24) is 5.32 Å². The van der Waals surface area contributed by atoms with Crippen molar-refractivity contribution in [1.29, 1.82) is 0 Å². The van der Waals surface area contributed by atoms with Gasteiger partial charge in [0.1, 0.15) is 0 Å². The van der Waals surface area contributed by atoms with E-state index in [1.54, 1.807) is 0 Å². The second-order valence-corrected chi connectivity index (χ2v) is 5.74. The van der Waals surface area contributed by atoms with Crippen LogP contribution in [0.25, 0.3) is 0 Å². The molecular formula is C19H25N. The third-order valence-electron chi connectivity index (χ3n) is 3.85. The molecule has 0 bridgehead atoms. The minimum absolute atomic E-state index is 0.537. The van der Waals surface area contributed by atoms with Gasteiger partial charge in [-0.2, -0.15) is 0 Å². The molecule has 2 aromatic carbocycles. The topological polar surface area (TPSA) is 12.0 Å². The van der Waals surface area contributed by atoms with Gasteiger partial charge in [0.2, 0.25) is 0 Å². The van der Waals surface area contributed by atoms with E-state index < -0.39 is 0 Å². The van der Waals surface area contributed by atoms with E-state index in [0.717, 1.165) is 13.0 Å². The Bertz CT molecular complexity index is 531. The molecule has 0 spiro atoms. The smallest absolute Gasteiger partial charge is 0.0210 e. The highest BCUT2D eigenvalue weighted by Gasteiger charge is 2.04. The molecule has 20 heavy (non-hydrogen) atoms. The van der Waals surface area contributed by atoms with Crippen LogP contribution in [0.15, 0.2) is 48.5 Å². The van der Waals surface area contributed by atoms with Crippen LogP contribution in [0, 0.1) is 13.8 Å². The Morgan fingerprint density at radius 3 is 2.50 bits per heavy atom. The molecule has 1 nitrogen and oxygen atoms in total. The van der Waals surface area contributed by atoms with Gasteiger partial charge < -0.3 is 5.32 Å². The third-order valence-corrected chi connectivity index (χ3v) is 3.85. The van der Waals surface area contributed by atoms with E-state index in [1.165, 1.54) is 28.7 Å². The number of nitrogens with one attached hydrogen (secondary N) is 1. The number of benzene rings is 2. The quantitative estimate of drug-likeness (QED) is 0.817. The average Bonchev–Trinajstić information content (AvgIpc) is 2.47. The fourth-order valence-corrected chi connectivity index (χ4v) is 2.40. The number of aryl methyl sites for hydroxylation is 3. The van der Waals surface area contributed by atoms with Gasteiger partial charge in [0.25, 0.3) is 0 Å². The molecule has 0 fully saturated rings. The summed E-state index contributed by atoms with van der Waals surface area (Å²) in [5, 5.41) is 3.64. The molecule has 0 saturated heterocycles. The Morgan fingerprint density at radius 2 is 1.75 bits per heavy atom. The zero-order valence-electron chi connectivity index (χ0n) is 12.8. The van der Waals surface area contributed by atoms with Gasteiger partial charge >= 0.3 is 0 Å². The van der Waals surface area contributed by atoms with Crippen LogP contribution in [0.3, 0.4) is 0 Å². The first-order valence-corrected chi connectivity index (χ1v) is 7.48. The normalized spacial score (nSPS) is 12.3. The monoisotopic (exact) mass is 267 g/mol. The molecule has 0 aromatic heterocycles. The molecular weight excluding hydrogens is 242 g/mol. The number of rotatable bonds is 6. The van der Waals surface area contributed by atoms with E-state index in [1.807, 2.05) is 0 Å². The van der Waals surface area contributed by atoms with Gasteiger partial charge in [-0.1, -0.05) is 54.1 Å². The van der Waals surface area contributed by atoms with E-state index in [9.17, 15) is 0 Å². The van der Waals surface area contributed by atoms with E-state index in [0.29, 0.717) is 6.04 Å². The summed E-state index contributed by atoms with van der Waals surface area (Å²) in [4.78, 5) is 0. The second kappa shape index (κ2) is 7.25. The molecule has 1 atom stereocenters. The minimum Gasteiger partial charge on any atom is -0.310 e. The predicted octanol–water partition coefficient (Wildman–Crippen LogP) is 4.41. The summed E-state index contributed by atoms with van der Waals surface area (Å²) in [6.07, 6.45) is 2.32. The molecule has 1 N–H and O–H groups in total. The van der Waals surface area contributed by atoms with Crippen LogP contribution < -0.4 is 5.32 Å². The Balaban J connectivity index is 1.80. The van der Waals surface area contributed by atoms with Gasteiger partial charge in [-0.3, -0.25) is 0 Å². The van der Waals surface area contributed by atoms with Crippen molar-refractivity contribution >= 4 is 0 Å². The molecule has 0 radical (unpaired) electrons. The zero-order valence-corrected chi connectivity index (χ0v) is 12.8. The van der Waals surface area contributed by atoms with Gasteiger partial charge in [0.15, 0.2) is 0 Å². The fourth-order valence-electron chi connectivity index (χ4n) is 2.40. The number of hydrogen-bond donors (Lipinski definition) is 1. The van der Waals surface area contributed by atoms with Crippen LogP contribution in [-0.2, 0) is 13.0 Å². The summed E-state index contributed by atoms with van der Waals surface area (Å²) in [5.41, 5.74) is 5.55. The lowest BCUT2D eigenvalue weighted by molar-refractivity contribution is 0.513. The number of hydrogen-bond acceptors (Lipinski definition) is 1. The molecule has 0 heterocycles. The van der Waals surface area contributed by atoms with E-state index in [4.69, 9.17) is 0 Å². The van der Waals surface area contributed by atoms with Crippen molar-refractivity contribution in [2.45, 2.75) is 46.2 Å². The molecule has 1 unspecified atom stereocenters. The van der Waals surface area contributed by atoms with Crippen LogP contribution in [0.5, 0.6) is 0 Å². The van der Waals surface area contributed by atoms with Crippen molar-refractivity contribution in [3.63, 3.8) is 0 Å². The Labute approximate surface area is 123 Å². The first kappa shape index (κ1) is 14.8. The lowest BCUT2D eigenvalue weighted by atomic mass is 10.0. The summed E-state index contributed by atoms with van der Waals surface area (Å²) in [5.74, 6) is 0. The van der Waals surface area contributed by atoms with Gasteiger partial charge in [-0.25, -0.2) is 0 Å². The Kier molecular flexibility index (Phi) is 5.37. The van der Waals surface area contributed by atoms with Crippen molar-refractivity contribution < 1.29 is 0 Å². The van der Waals surface area contributed by atoms with Crippen molar-refractivity contribution in [2.75, 3.05) is 0 Å². The maximum Gasteiger partial charge on any atom is 0.0210 e. The van der Waals surface area contributed by atoms with Gasteiger partial charge in [-0.05, 0) is 50.3 Å². The van der Waals surface area contributed by atoms with Crippen molar-refractivity contribution in [3.8, 4) is 0 Å². The standard InChI is InChI=1S/C19H25N/c1-15-9-10-16(2)19(13-15)14-20-17(3)11-12-18-7-5-4-6-8-18/h4-10,13,17,20H,11-12,14H2,1-3H3. The first-order valence-electron chi connectivity index (χ1n) is 7.48. The van der Waals surface area contributed by atoms with Crippen LogP contribution in [0.4, 0.5) is 0 Å². The molecule has 2 aromatic rings. The molecule has 0 saturated carbocycles. The van der Waals surface area contributed by atoms with Gasteiger partial charge in [-0.15, -0.1) is 0 Å². The SMILES string of the molecule is Cc1ccc(C)c(CNC(C)CCc2ccccc2)c1. The molecule has 1 heteroatoms. The summed E-state index contributed by atoms with van der Waals surface area (Å²) in [6.45, 7) is 7.57. The Hall–Kier alpha value is -1.60. The van der Waals surface area contributed by atoms with Crippen LogP contribution >= 0.6 is 0 Å². The molecule has 0 aliphatic rings. The highest BCUT2D eigenvalue weighted by Crippen LogP contribution is 2.11. The van der Waals surface area contributed by atoms with Crippen molar-refractivity contribution in [3.05, 3.63) is 70.8 Å². The first-order chi connectivity index (χ1) is 9.65. The maximum absolute atomic E-state index is 3.64. The summed E-state index contributed by atoms with van der Waals surface area (Å²) >= 11 is 0. The second-order valence-electron chi connectivity index (χ2n) is 5.74. The van der Waals surface area contributed by atoms with Gasteiger partial charge in [0, 0.05) is 12.6 Å². The highest BCUT2D eigenvalue weighted by molar-refractivity contribution is 5.30. The largest absolute Gasteiger partial charge is 0.310 e. The molecule has 2 rings (SSSR count). The van der Waals surface area contributed by atoms with Crippen LogP contribution in [0.1, 0.15) is 35.6 Å². The summed E-state index contributed by atoms with van der Waals surface area (Å²) < 4.78 is 0. The Morgan fingerprint density at radius 1 is 1.00 bits per heavy atom. The van der Waals surface area contributed by atoms with E-state index in [2.05, 4.69) is 74.6 Å². The molecule has 0 amide bonds. The summed E-state index contributed by atoms with van der Waals surface area (Å²) in [6, 6.07) is 17.9. The molecule has 0 aliphatic carbocycles. The lowest BCUT2D eigenvalue weighted by Gasteiger charge is -2.15. The lowest BCUT2D eigenvalue weighted by Crippen LogP contribution is -2.26.